The van der Waals surface area contributed by atoms with Gasteiger partial charge in [-0.25, -0.2) is 5.48 Å². The van der Waals surface area contributed by atoms with E-state index in [0.29, 0.717) is 30.0 Å². The molecule has 154 valence electrons. The highest BCUT2D eigenvalue weighted by Crippen LogP contribution is 2.24. The summed E-state index contributed by atoms with van der Waals surface area (Å²) in [7, 11) is 1.61. The fourth-order valence-electron chi connectivity index (χ4n) is 2.85. The Balaban J connectivity index is 1.67. The van der Waals surface area contributed by atoms with E-state index in [-0.39, 0.29) is 5.56 Å². The summed E-state index contributed by atoms with van der Waals surface area (Å²) in [5.74, 6) is 1.47. The van der Waals surface area contributed by atoms with Crippen LogP contribution in [0.5, 0.6) is 17.2 Å². The quantitative estimate of drug-likeness (QED) is 0.340. The van der Waals surface area contributed by atoms with Crippen LogP contribution in [0.2, 0.25) is 0 Å². The standard InChI is InChI=1S/C23H22N2O5/c1-29-19-8-10-20(11-9-19)30-21-6-2-4-17(16-21)13-15-25-14-3-5-18(23(25)27)7-12-22(26)24-28/h2-12,14,16,28H,13,15H2,1H3,(H,24,26)/b12-7+. The molecule has 30 heavy (non-hydrogen) atoms. The van der Waals surface area contributed by atoms with Gasteiger partial charge < -0.3 is 14.0 Å². The lowest BCUT2D eigenvalue weighted by atomic mass is 10.1. The highest BCUT2D eigenvalue weighted by atomic mass is 16.5. The highest BCUT2D eigenvalue weighted by Gasteiger charge is 2.04. The minimum atomic E-state index is -0.696. The molecule has 0 saturated heterocycles. The van der Waals surface area contributed by atoms with E-state index >= 15 is 0 Å². The minimum Gasteiger partial charge on any atom is -0.497 e. The third kappa shape index (κ3) is 5.59. The first-order chi connectivity index (χ1) is 14.6. The molecule has 1 aromatic heterocycles. The minimum absolute atomic E-state index is 0.217. The number of aryl methyl sites for hydroxylation is 2. The average Bonchev–Trinajstić information content (AvgIpc) is 2.78. The topological polar surface area (TPSA) is 89.8 Å². The summed E-state index contributed by atoms with van der Waals surface area (Å²) in [6.45, 7) is 0.471. The van der Waals surface area contributed by atoms with E-state index in [1.54, 1.807) is 30.0 Å². The van der Waals surface area contributed by atoms with Crippen molar-refractivity contribution in [2.45, 2.75) is 13.0 Å². The average molecular weight is 406 g/mol. The van der Waals surface area contributed by atoms with E-state index in [1.165, 1.54) is 11.6 Å². The summed E-state index contributed by atoms with van der Waals surface area (Å²) in [4.78, 5) is 23.6. The van der Waals surface area contributed by atoms with Gasteiger partial charge in [0.15, 0.2) is 0 Å². The Morgan fingerprint density at radius 2 is 1.83 bits per heavy atom. The molecule has 3 rings (SSSR count). The number of carbonyl (C=O) groups is 1. The van der Waals surface area contributed by atoms with Gasteiger partial charge in [-0.05, 0) is 66.6 Å². The molecule has 1 heterocycles. The van der Waals surface area contributed by atoms with Gasteiger partial charge in [0.2, 0.25) is 0 Å². The molecule has 2 N–H and O–H groups in total. The number of hydroxylamine groups is 1. The Morgan fingerprint density at radius 3 is 2.57 bits per heavy atom. The van der Waals surface area contributed by atoms with E-state index in [4.69, 9.17) is 14.7 Å². The fourth-order valence-corrected chi connectivity index (χ4v) is 2.85. The number of pyridine rings is 1. The number of nitrogens with zero attached hydrogens (tertiary/aromatic N) is 1. The molecule has 0 unspecified atom stereocenters. The molecule has 0 aliphatic carbocycles. The van der Waals surface area contributed by atoms with Gasteiger partial charge in [0, 0.05) is 24.4 Å². The van der Waals surface area contributed by atoms with Crippen molar-refractivity contribution in [3.8, 4) is 17.2 Å². The van der Waals surface area contributed by atoms with Gasteiger partial charge in [-0.1, -0.05) is 12.1 Å². The lowest BCUT2D eigenvalue weighted by molar-refractivity contribution is -0.124. The van der Waals surface area contributed by atoms with Crippen molar-refractivity contribution >= 4 is 12.0 Å². The number of hydrogen-bond acceptors (Lipinski definition) is 5. The van der Waals surface area contributed by atoms with Crippen LogP contribution in [0.15, 0.2) is 77.7 Å². The first-order valence-electron chi connectivity index (χ1n) is 9.31. The van der Waals surface area contributed by atoms with Gasteiger partial charge in [-0.2, -0.15) is 0 Å². The molecule has 0 aliphatic rings. The Bertz CT molecular complexity index is 1090. The molecular formula is C23H22N2O5. The van der Waals surface area contributed by atoms with Crippen molar-refractivity contribution in [1.29, 1.82) is 0 Å². The predicted octanol–water partition coefficient (Wildman–Crippen LogP) is 3.41. The summed E-state index contributed by atoms with van der Waals surface area (Å²) >= 11 is 0. The van der Waals surface area contributed by atoms with Crippen molar-refractivity contribution in [2.24, 2.45) is 0 Å². The van der Waals surface area contributed by atoms with Crippen LogP contribution < -0.4 is 20.5 Å². The zero-order chi connectivity index (χ0) is 21.3. The second kappa shape index (κ2) is 10.1. The maximum atomic E-state index is 12.5. The van der Waals surface area contributed by atoms with Gasteiger partial charge in [0.1, 0.15) is 17.2 Å². The van der Waals surface area contributed by atoms with E-state index in [1.807, 2.05) is 48.5 Å². The van der Waals surface area contributed by atoms with Crippen LogP contribution in [0.25, 0.3) is 6.08 Å². The predicted molar refractivity (Wildman–Crippen MR) is 113 cm³/mol. The Morgan fingerprint density at radius 1 is 1.07 bits per heavy atom. The summed E-state index contributed by atoms with van der Waals surface area (Å²) in [6, 6.07) is 18.4. The summed E-state index contributed by atoms with van der Waals surface area (Å²) in [5, 5.41) is 8.54. The van der Waals surface area contributed by atoms with Crippen molar-refractivity contribution in [3.05, 3.63) is 94.4 Å². The molecule has 0 aliphatic heterocycles. The molecule has 0 spiro atoms. The van der Waals surface area contributed by atoms with Gasteiger partial charge in [0.25, 0.3) is 11.5 Å². The van der Waals surface area contributed by atoms with Gasteiger partial charge in [0.05, 0.1) is 7.11 Å². The Kier molecular flexibility index (Phi) is 7.02. The molecule has 0 fully saturated rings. The summed E-state index contributed by atoms with van der Waals surface area (Å²) in [6.07, 6.45) is 4.79. The van der Waals surface area contributed by atoms with Crippen molar-refractivity contribution in [1.82, 2.24) is 10.0 Å². The zero-order valence-corrected chi connectivity index (χ0v) is 16.4. The van der Waals surface area contributed by atoms with E-state index < -0.39 is 5.91 Å². The SMILES string of the molecule is COc1ccc(Oc2cccc(CCn3cccc(/C=C/C(=O)NO)c3=O)c2)cc1. The molecular weight excluding hydrogens is 384 g/mol. The van der Waals surface area contributed by atoms with Crippen LogP contribution >= 0.6 is 0 Å². The molecule has 7 nitrogen and oxygen atoms in total. The van der Waals surface area contributed by atoms with Crippen LogP contribution in [-0.2, 0) is 17.8 Å². The van der Waals surface area contributed by atoms with Gasteiger partial charge in [-0.15, -0.1) is 0 Å². The normalized spacial score (nSPS) is 10.7. The number of methoxy groups -OCH3 is 1. The number of hydrogen-bond donors (Lipinski definition) is 2. The number of amides is 1. The van der Waals surface area contributed by atoms with Crippen molar-refractivity contribution in [3.63, 3.8) is 0 Å². The second-order valence-corrected chi connectivity index (χ2v) is 6.45. The summed E-state index contributed by atoms with van der Waals surface area (Å²) in [5.41, 5.74) is 2.65. The van der Waals surface area contributed by atoms with Crippen molar-refractivity contribution < 1.29 is 19.5 Å². The van der Waals surface area contributed by atoms with Crippen LogP contribution in [0, 0.1) is 0 Å². The maximum Gasteiger partial charge on any atom is 0.267 e. The molecule has 0 radical (unpaired) electrons. The monoisotopic (exact) mass is 406 g/mol. The van der Waals surface area contributed by atoms with Crippen LogP contribution in [0.3, 0.4) is 0 Å². The number of ether oxygens (including phenoxy) is 2. The third-order valence-corrected chi connectivity index (χ3v) is 4.41. The number of aromatic nitrogens is 1. The van der Waals surface area contributed by atoms with Gasteiger partial charge in [-0.3, -0.25) is 14.8 Å². The largest absolute Gasteiger partial charge is 0.497 e. The smallest absolute Gasteiger partial charge is 0.267 e. The van der Waals surface area contributed by atoms with E-state index in [9.17, 15) is 9.59 Å². The number of nitrogens with one attached hydrogen (secondary N) is 1. The molecule has 0 bridgehead atoms. The first-order valence-corrected chi connectivity index (χ1v) is 9.31. The first kappa shape index (κ1) is 20.9. The maximum absolute atomic E-state index is 12.5. The third-order valence-electron chi connectivity index (χ3n) is 4.41. The van der Waals surface area contributed by atoms with Crippen LogP contribution in [-0.4, -0.2) is 22.8 Å². The second-order valence-electron chi connectivity index (χ2n) is 6.45. The van der Waals surface area contributed by atoms with Gasteiger partial charge >= 0.3 is 0 Å². The Hall–Kier alpha value is -3.84. The van der Waals surface area contributed by atoms with Crippen molar-refractivity contribution in [2.75, 3.05) is 7.11 Å². The number of carbonyl (C=O) groups excluding carboxylic acids is 1. The molecule has 1 amide bonds. The van der Waals surface area contributed by atoms with Crippen LogP contribution in [0.1, 0.15) is 11.1 Å². The highest BCUT2D eigenvalue weighted by molar-refractivity contribution is 5.90. The molecule has 2 aromatic carbocycles. The molecule has 3 aromatic rings. The number of benzene rings is 2. The zero-order valence-electron chi connectivity index (χ0n) is 16.4. The van der Waals surface area contributed by atoms with Crippen LogP contribution in [0.4, 0.5) is 0 Å². The fraction of sp³-hybridized carbons (Fsp3) is 0.130. The number of rotatable bonds is 8. The lowest BCUT2D eigenvalue weighted by Crippen LogP contribution is -2.22. The lowest BCUT2D eigenvalue weighted by Gasteiger charge is -2.10. The molecule has 0 saturated carbocycles. The summed E-state index contributed by atoms with van der Waals surface area (Å²) < 4.78 is 12.6. The molecule has 0 atom stereocenters. The Labute approximate surface area is 173 Å². The van der Waals surface area contributed by atoms with E-state index in [2.05, 4.69) is 0 Å². The van der Waals surface area contributed by atoms with E-state index in [0.717, 1.165) is 17.4 Å². The molecule has 7 heteroatoms.